The van der Waals surface area contributed by atoms with E-state index >= 15 is 0 Å². The Morgan fingerprint density at radius 2 is 2.11 bits per heavy atom. The molecule has 1 amide bonds. The molecule has 1 N–H and O–H groups in total. The summed E-state index contributed by atoms with van der Waals surface area (Å²) >= 11 is 5.87. The van der Waals surface area contributed by atoms with Crippen LogP contribution in [0, 0.1) is 11.8 Å². The summed E-state index contributed by atoms with van der Waals surface area (Å²) in [5, 5.41) is 3.03. The van der Waals surface area contributed by atoms with Crippen LogP contribution in [-0.2, 0) is 9.53 Å². The molecule has 4 heteroatoms. The Morgan fingerprint density at radius 1 is 1.44 bits per heavy atom. The molecule has 1 rings (SSSR count). The highest BCUT2D eigenvalue weighted by atomic mass is 35.5. The molecular weight excluding hydrogens is 250 g/mol. The van der Waals surface area contributed by atoms with Crippen LogP contribution in [0.3, 0.4) is 0 Å². The van der Waals surface area contributed by atoms with Crippen molar-refractivity contribution in [2.45, 2.75) is 58.6 Å². The van der Waals surface area contributed by atoms with Gasteiger partial charge < -0.3 is 10.1 Å². The number of hydrogen-bond donors (Lipinski definition) is 1. The first-order valence-electron chi connectivity index (χ1n) is 7.02. The van der Waals surface area contributed by atoms with Gasteiger partial charge in [0.25, 0.3) is 0 Å². The van der Waals surface area contributed by atoms with Crippen LogP contribution in [0.15, 0.2) is 0 Å². The first-order valence-corrected chi connectivity index (χ1v) is 7.55. The van der Waals surface area contributed by atoms with E-state index in [1.165, 1.54) is 0 Å². The largest absolute Gasteiger partial charge is 0.378 e. The summed E-state index contributed by atoms with van der Waals surface area (Å²) in [7, 11) is 0. The van der Waals surface area contributed by atoms with Crippen molar-refractivity contribution in [1.29, 1.82) is 0 Å². The molecule has 0 aromatic carbocycles. The molecule has 0 aromatic rings. The molecule has 18 heavy (non-hydrogen) atoms. The van der Waals surface area contributed by atoms with E-state index in [-0.39, 0.29) is 11.9 Å². The van der Waals surface area contributed by atoms with Crippen molar-refractivity contribution in [1.82, 2.24) is 5.32 Å². The lowest BCUT2D eigenvalue weighted by Crippen LogP contribution is -2.40. The Morgan fingerprint density at radius 3 is 2.61 bits per heavy atom. The molecule has 0 radical (unpaired) electrons. The van der Waals surface area contributed by atoms with Crippen LogP contribution in [0.4, 0.5) is 0 Å². The number of carbonyl (C=O) groups is 1. The van der Waals surface area contributed by atoms with E-state index in [2.05, 4.69) is 19.2 Å². The van der Waals surface area contributed by atoms with Crippen LogP contribution in [0.5, 0.6) is 0 Å². The quantitative estimate of drug-likeness (QED) is 0.692. The summed E-state index contributed by atoms with van der Waals surface area (Å²) in [6.45, 7) is 7.07. The highest BCUT2D eigenvalue weighted by Crippen LogP contribution is 2.32. The Bertz CT molecular complexity index is 252. The normalized spacial score (nSPS) is 24.7. The van der Waals surface area contributed by atoms with Crippen molar-refractivity contribution in [2.24, 2.45) is 11.8 Å². The molecule has 1 fully saturated rings. The van der Waals surface area contributed by atoms with E-state index in [1.54, 1.807) is 0 Å². The molecule has 3 nitrogen and oxygen atoms in total. The number of hydrogen-bond acceptors (Lipinski definition) is 2. The number of amides is 1. The standard InChI is InChI=1S/C14H26ClNO2/c1-4-18-13-6-11(7-13)8-14(17)16-12(9-15)5-10(2)3/h10-13H,4-9H2,1-3H3,(H,16,17). The molecule has 1 aliphatic carbocycles. The van der Waals surface area contributed by atoms with Gasteiger partial charge in [0, 0.05) is 24.9 Å². The van der Waals surface area contributed by atoms with E-state index in [0.717, 1.165) is 25.9 Å². The molecule has 0 heterocycles. The number of rotatable bonds is 8. The van der Waals surface area contributed by atoms with Gasteiger partial charge in [-0.2, -0.15) is 0 Å². The van der Waals surface area contributed by atoms with Gasteiger partial charge in [-0.3, -0.25) is 4.79 Å². The zero-order valence-corrected chi connectivity index (χ0v) is 12.5. The van der Waals surface area contributed by atoms with Crippen molar-refractivity contribution in [3.63, 3.8) is 0 Å². The number of alkyl halides is 1. The molecule has 0 aliphatic heterocycles. The third-order valence-corrected chi connectivity index (χ3v) is 3.75. The first kappa shape index (κ1) is 15.8. The Kier molecular flexibility index (Phi) is 7.02. The van der Waals surface area contributed by atoms with Crippen LogP contribution in [0.25, 0.3) is 0 Å². The molecule has 1 unspecified atom stereocenters. The van der Waals surface area contributed by atoms with E-state index < -0.39 is 0 Å². The van der Waals surface area contributed by atoms with Gasteiger partial charge in [-0.1, -0.05) is 13.8 Å². The van der Waals surface area contributed by atoms with Gasteiger partial charge in [-0.15, -0.1) is 11.6 Å². The average Bonchev–Trinajstić information content (AvgIpc) is 2.24. The Hall–Kier alpha value is -0.280. The third kappa shape index (κ3) is 5.57. The maximum absolute atomic E-state index is 11.9. The highest BCUT2D eigenvalue weighted by molar-refractivity contribution is 6.18. The van der Waals surface area contributed by atoms with E-state index in [0.29, 0.717) is 30.2 Å². The molecule has 0 spiro atoms. The van der Waals surface area contributed by atoms with E-state index in [9.17, 15) is 4.79 Å². The van der Waals surface area contributed by atoms with Crippen LogP contribution in [-0.4, -0.2) is 30.5 Å². The van der Waals surface area contributed by atoms with Gasteiger partial charge >= 0.3 is 0 Å². The number of ether oxygens (including phenoxy) is 1. The second-order valence-electron chi connectivity index (χ2n) is 5.67. The number of carbonyl (C=O) groups excluding carboxylic acids is 1. The minimum Gasteiger partial charge on any atom is -0.378 e. The molecule has 1 aliphatic rings. The first-order chi connectivity index (χ1) is 8.55. The third-order valence-electron chi connectivity index (χ3n) is 3.38. The predicted octanol–water partition coefficient (Wildman–Crippen LogP) is 2.96. The molecule has 106 valence electrons. The van der Waals surface area contributed by atoms with Crippen LogP contribution in [0.1, 0.15) is 46.5 Å². The van der Waals surface area contributed by atoms with Crippen molar-refractivity contribution in [3.05, 3.63) is 0 Å². The van der Waals surface area contributed by atoms with E-state index in [4.69, 9.17) is 16.3 Å². The summed E-state index contributed by atoms with van der Waals surface area (Å²) in [5.41, 5.74) is 0. The molecule has 0 aromatic heterocycles. The summed E-state index contributed by atoms with van der Waals surface area (Å²) in [5.74, 6) is 1.69. The van der Waals surface area contributed by atoms with Crippen LogP contribution < -0.4 is 5.32 Å². The molecule has 0 bridgehead atoms. The number of halogens is 1. The highest BCUT2D eigenvalue weighted by Gasteiger charge is 2.31. The Balaban J connectivity index is 2.17. The van der Waals surface area contributed by atoms with E-state index in [1.807, 2.05) is 6.92 Å². The molecule has 1 atom stereocenters. The van der Waals surface area contributed by atoms with Crippen molar-refractivity contribution in [2.75, 3.05) is 12.5 Å². The fourth-order valence-electron chi connectivity index (χ4n) is 2.49. The van der Waals surface area contributed by atoms with Gasteiger partial charge in [0.15, 0.2) is 0 Å². The molecule has 0 saturated heterocycles. The smallest absolute Gasteiger partial charge is 0.220 e. The maximum atomic E-state index is 11.9. The summed E-state index contributed by atoms with van der Waals surface area (Å²) < 4.78 is 5.49. The van der Waals surface area contributed by atoms with Gasteiger partial charge in [0.05, 0.1) is 6.10 Å². The molecule has 1 saturated carbocycles. The number of nitrogens with one attached hydrogen (secondary N) is 1. The SMILES string of the molecule is CCOC1CC(CC(=O)NC(CCl)CC(C)C)C1. The summed E-state index contributed by atoms with van der Waals surface area (Å²) in [6.07, 6.45) is 4.00. The minimum atomic E-state index is 0.113. The monoisotopic (exact) mass is 275 g/mol. The zero-order chi connectivity index (χ0) is 13.5. The van der Waals surface area contributed by atoms with Gasteiger partial charge in [-0.25, -0.2) is 0 Å². The van der Waals surface area contributed by atoms with Gasteiger partial charge in [-0.05, 0) is 38.0 Å². The lowest BCUT2D eigenvalue weighted by Gasteiger charge is -2.34. The van der Waals surface area contributed by atoms with Crippen molar-refractivity contribution < 1.29 is 9.53 Å². The molecular formula is C14H26ClNO2. The lowest BCUT2D eigenvalue weighted by atomic mass is 9.80. The van der Waals surface area contributed by atoms with Gasteiger partial charge in [0.2, 0.25) is 5.91 Å². The lowest BCUT2D eigenvalue weighted by molar-refractivity contribution is -0.125. The maximum Gasteiger partial charge on any atom is 0.220 e. The Labute approximate surface area is 116 Å². The van der Waals surface area contributed by atoms with Crippen LogP contribution in [0.2, 0.25) is 0 Å². The topological polar surface area (TPSA) is 38.3 Å². The average molecular weight is 276 g/mol. The minimum absolute atomic E-state index is 0.113. The van der Waals surface area contributed by atoms with Crippen molar-refractivity contribution in [3.8, 4) is 0 Å². The summed E-state index contributed by atoms with van der Waals surface area (Å²) in [6, 6.07) is 0.113. The second-order valence-corrected chi connectivity index (χ2v) is 5.98. The zero-order valence-electron chi connectivity index (χ0n) is 11.7. The fourth-order valence-corrected chi connectivity index (χ4v) is 2.69. The second kappa shape index (κ2) is 8.00. The van der Waals surface area contributed by atoms with Gasteiger partial charge in [0.1, 0.15) is 0 Å². The van der Waals surface area contributed by atoms with Crippen molar-refractivity contribution >= 4 is 17.5 Å². The van der Waals surface area contributed by atoms with Crippen LogP contribution >= 0.6 is 11.6 Å². The predicted molar refractivity (Wildman–Crippen MR) is 74.9 cm³/mol. The fraction of sp³-hybridized carbons (Fsp3) is 0.929. The summed E-state index contributed by atoms with van der Waals surface area (Å²) in [4.78, 5) is 11.9.